The van der Waals surface area contributed by atoms with Crippen molar-refractivity contribution in [2.75, 3.05) is 18.4 Å². The highest BCUT2D eigenvalue weighted by Crippen LogP contribution is 2.26. The molecule has 1 fully saturated rings. The number of nitrogens with one attached hydrogen (secondary N) is 1. The summed E-state index contributed by atoms with van der Waals surface area (Å²) in [4.78, 5) is 20.1. The van der Waals surface area contributed by atoms with E-state index in [9.17, 15) is 4.79 Å². The van der Waals surface area contributed by atoms with Crippen LogP contribution in [0.4, 0.5) is 5.82 Å². The van der Waals surface area contributed by atoms with Gasteiger partial charge in [0.05, 0.1) is 16.5 Å². The summed E-state index contributed by atoms with van der Waals surface area (Å²) in [6.07, 6.45) is 3.55. The van der Waals surface area contributed by atoms with Crippen molar-refractivity contribution in [3.8, 4) is 10.6 Å². The van der Waals surface area contributed by atoms with Gasteiger partial charge in [-0.15, -0.1) is 11.3 Å². The summed E-state index contributed by atoms with van der Waals surface area (Å²) in [7, 11) is 0. The van der Waals surface area contributed by atoms with Crippen LogP contribution in [-0.4, -0.2) is 34.0 Å². The molecule has 3 aromatic heterocycles. The van der Waals surface area contributed by atoms with Crippen LogP contribution in [0.2, 0.25) is 0 Å². The fourth-order valence-corrected chi connectivity index (χ4v) is 4.15. The van der Waals surface area contributed by atoms with Crippen LogP contribution in [-0.2, 0) is 11.3 Å². The third-order valence-electron chi connectivity index (χ3n) is 4.56. The van der Waals surface area contributed by atoms with E-state index in [1.54, 1.807) is 23.6 Å². The van der Waals surface area contributed by atoms with Gasteiger partial charge < -0.3 is 9.84 Å². The van der Waals surface area contributed by atoms with Crippen LogP contribution < -0.4 is 5.32 Å². The summed E-state index contributed by atoms with van der Waals surface area (Å²) in [6.45, 7) is 2.36. The van der Waals surface area contributed by atoms with Gasteiger partial charge in [0.1, 0.15) is 5.82 Å². The van der Waals surface area contributed by atoms with Crippen molar-refractivity contribution in [2.45, 2.75) is 19.4 Å². The Hall–Kier alpha value is -2.03. The van der Waals surface area contributed by atoms with Crippen LogP contribution >= 0.6 is 27.3 Å². The molecule has 0 aromatic carbocycles. The predicted molar refractivity (Wildman–Crippen MR) is 108 cm³/mol. The third-order valence-corrected chi connectivity index (χ3v) is 5.92. The summed E-state index contributed by atoms with van der Waals surface area (Å²) < 4.78 is 6.34. The van der Waals surface area contributed by atoms with E-state index in [-0.39, 0.29) is 11.8 Å². The Morgan fingerprint density at radius 3 is 3.11 bits per heavy atom. The maximum absolute atomic E-state index is 12.6. The SMILES string of the molecule is O=C(Nc1ccc(Br)cn1)C1CCCN(Cc2cc(-c3cccs3)on2)C1. The average molecular weight is 447 g/mol. The highest BCUT2D eigenvalue weighted by atomic mass is 79.9. The fourth-order valence-electron chi connectivity index (χ4n) is 3.24. The first-order chi connectivity index (χ1) is 13.2. The van der Waals surface area contributed by atoms with E-state index in [4.69, 9.17) is 4.52 Å². The molecule has 1 aliphatic heterocycles. The molecule has 4 rings (SSSR count). The number of piperidine rings is 1. The number of rotatable bonds is 5. The largest absolute Gasteiger partial charge is 0.355 e. The number of halogens is 1. The minimum atomic E-state index is -0.0483. The second-order valence-corrected chi connectivity index (χ2v) is 8.45. The zero-order valence-electron chi connectivity index (χ0n) is 14.6. The van der Waals surface area contributed by atoms with Crippen molar-refractivity contribution in [2.24, 2.45) is 5.92 Å². The number of thiophene rings is 1. The van der Waals surface area contributed by atoms with Crippen molar-refractivity contribution in [1.82, 2.24) is 15.0 Å². The van der Waals surface area contributed by atoms with Crippen molar-refractivity contribution in [3.05, 3.63) is 52.1 Å². The van der Waals surface area contributed by atoms with E-state index in [1.807, 2.05) is 29.6 Å². The lowest BCUT2D eigenvalue weighted by atomic mass is 9.97. The van der Waals surface area contributed by atoms with Gasteiger partial charge in [0, 0.05) is 29.8 Å². The number of aromatic nitrogens is 2. The number of hydrogen-bond acceptors (Lipinski definition) is 6. The van der Waals surface area contributed by atoms with Gasteiger partial charge in [0.2, 0.25) is 5.91 Å². The summed E-state index contributed by atoms with van der Waals surface area (Å²) in [5, 5.41) is 9.12. The summed E-state index contributed by atoms with van der Waals surface area (Å²) in [5.41, 5.74) is 0.897. The van der Waals surface area contributed by atoms with Gasteiger partial charge in [-0.1, -0.05) is 11.2 Å². The Morgan fingerprint density at radius 1 is 1.41 bits per heavy atom. The summed E-state index contributed by atoms with van der Waals surface area (Å²) in [5.74, 6) is 1.35. The van der Waals surface area contributed by atoms with Crippen LogP contribution in [0.5, 0.6) is 0 Å². The molecule has 1 aliphatic rings. The van der Waals surface area contributed by atoms with Crippen LogP contribution in [0.1, 0.15) is 18.5 Å². The van der Waals surface area contributed by atoms with Gasteiger partial charge in [-0.2, -0.15) is 0 Å². The number of pyridine rings is 1. The van der Waals surface area contributed by atoms with Gasteiger partial charge in [-0.3, -0.25) is 9.69 Å². The molecule has 0 spiro atoms. The van der Waals surface area contributed by atoms with E-state index in [2.05, 4.69) is 36.3 Å². The van der Waals surface area contributed by atoms with E-state index < -0.39 is 0 Å². The van der Waals surface area contributed by atoms with Crippen LogP contribution in [0.25, 0.3) is 10.6 Å². The molecule has 0 aliphatic carbocycles. The van der Waals surface area contributed by atoms with Gasteiger partial charge in [0.25, 0.3) is 0 Å². The Labute approximate surface area is 169 Å². The minimum Gasteiger partial charge on any atom is -0.355 e. The van der Waals surface area contributed by atoms with Gasteiger partial charge in [0.15, 0.2) is 5.76 Å². The molecular formula is C19H19BrN4O2S. The first-order valence-electron chi connectivity index (χ1n) is 8.81. The maximum atomic E-state index is 12.6. The monoisotopic (exact) mass is 446 g/mol. The smallest absolute Gasteiger partial charge is 0.229 e. The lowest BCUT2D eigenvalue weighted by Gasteiger charge is -2.31. The molecule has 0 radical (unpaired) electrons. The number of carbonyl (C=O) groups excluding carboxylic acids is 1. The lowest BCUT2D eigenvalue weighted by Crippen LogP contribution is -2.40. The van der Waals surface area contributed by atoms with Crippen LogP contribution in [0, 0.1) is 5.92 Å². The molecule has 6 nitrogen and oxygen atoms in total. The van der Waals surface area contributed by atoms with Crippen molar-refractivity contribution in [1.29, 1.82) is 0 Å². The molecule has 1 N–H and O–H groups in total. The van der Waals surface area contributed by atoms with Gasteiger partial charge in [-0.05, 0) is 58.9 Å². The predicted octanol–water partition coefficient (Wildman–Crippen LogP) is 4.41. The standard InChI is InChI=1S/C19H19BrN4O2S/c20-14-5-6-18(21-10-14)22-19(25)13-3-1-7-24(11-13)12-15-9-16(26-23-15)17-4-2-8-27-17/h2,4-6,8-10,13H,1,3,7,11-12H2,(H,21,22,25). The number of anilines is 1. The second-order valence-electron chi connectivity index (χ2n) is 6.58. The minimum absolute atomic E-state index is 0.0222. The van der Waals surface area contributed by atoms with E-state index in [0.29, 0.717) is 18.9 Å². The number of amides is 1. The van der Waals surface area contributed by atoms with Crippen LogP contribution in [0.3, 0.4) is 0 Å². The number of hydrogen-bond donors (Lipinski definition) is 1. The normalized spacial score (nSPS) is 17.7. The molecular weight excluding hydrogens is 428 g/mol. The highest BCUT2D eigenvalue weighted by Gasteiger charge is 2.26. The Kier molecular flexibility index (Phi) is 5.66. The third kappa shape index (κ3) is 4.63. The molecule has 0 bridgehead atoms. The lowest BCUT2D eigenvalue weighted by molar-refractivity contribution is -0.121. The average Bonchev–Trinajstić information content (AvgIpc) is 3.35. The summed E-state index contributed by atoms with van der Waals surface area (Å²) in [6, 6.07) is 9.67. The Morgan fingerprint density at radius 2 is 2.33 bits per heavy atom. The number of carbonyl (C=O) groups is 1. The van der Waals surface area contributed by atoms with E-state index >= 15 is 0 Å². The molecule has 1 unspecified atom stereocenters. The molecule has 1 amide bonds. The van der Waals surface area contributed by atoms with Crippen molar-refractivity contribution >= 4 is 39.0 Å². The van der Waals surface area contributed by atoms with Crippen molar-refractivity contribution < 1.29 is 9.32 Å². The van der Waals surface area contributed by atoms with Gasteiger partial charge >= 0.3 is 0 Å². The molecule has 0 saturated carbocycles. The molecule has 3 aromatic rings. The van der Waals surface area contributed by atoms with Crippen LogP contribution in [0.15, 0.2) is 50.9 Å². The molecule has 140 valence electrons. The quantitative estimate of drug-likeness (QED) is 0.628. The zero-order chi connectivity index (χ0) is 18.6. The number of nitrogens with zero attached hydrogens (tertiary/aromatic N) is 3. The Balaban J connectivity index is 1.35. The topological polar surface area (TPSA) is 71.3 Å². The van der Waals surface area contributed by atoms with E-state index in [1.165, 1.54) is 0 Å². The molecule has 4 heterocycles. The van der Waals surface area contributed by atoms with Crippen molar-refractivity contribution in [3.63, 3.8) is 0 Å². The fraction of sp³-hybridized carbons (Fsp3) is 0.316. The molecule has 8 heteroatoms. The molecule has 27 heavy (non-hydrogen) atoms. The first-order valence-corrected chi connectivity index (χ1v) is 10.5. The van der Waals surface area contributed by atoms with Gasteiger partial charge in [-0.25, -0.2) is 4.98 Å². The summed E-state index contributed by atoms with van der Waals surface area (Å²) >= 11 is 4.98. The van der Waals surface area contributed by atoms with E-state index in [0.717, 1.165) is 40.2 Å². The molecule has 1 saturated heterocycles. The molecule has 1 atom stereocenters. The first kappa shape index (κ1) is 18.3. The second kappa shape index (κ2) is 8.33. The maximum Gasteiger partial charge on any atom is 0.229 e. The Bertz CT molecular complexity index is 895. The zero-order valence-corrected chi connectivity index (χ0v) is 17.0. The highest BCUT2D eigenvalue weighted by molar-refractivity contribution is 9.10. The number of likely N-dealkylation sites (tertiary alicyclic amines) is 1.